The normalized spacial score (nSPS) is 24.1. The maximum atomic E-state index is 11.9. The molecule has 2 rings (SSSR count). The van der Waals surface area contributed by atoms with Crippen molar-refractivity contribution in [2.45, 2.75) is 57.1 Å². The number of carbonyl (C=O) groups excluding carboxylic acids is 1. The molecule has 0 aromatic carbocycles. The molecule has 0 unspecified atom stereocenters. The van der Waals surface area contributed by atoms with Gasteiger partial charge < -0.3 is 10.6 Å². The van der Waals surface area contributed by atoms with Crippen LogP contribution in [0.5, 0.6) is 0 Å². The van der Waals surface area contributed by atoms with Gasteiger partial charge in [0.2, 0.25) is 5.91 Å². The molecule has 1 heterocycles. The molecule has 0 aromatic heterocycles. The van der Waals surface area contributed by atoms with E-state index in [0.717, 1.165) is 19.6 Å². The number of hydrogen-bond acceptors (Lipinski definition) is 3. The predicted octanol–water partition coefficient (Wildman–Crippen LogP) is 2.56. The van der Waals surface area contributed by atoms with E-state index >= 15 is 0 Å². The first-order chi connectivity index (χ1) is 9.18. The van der Waals surface area contributed by atoms with Crippen LogP contribution in [0.4, 0.5) is 0 Å². The minimum Gasteiger partial charge on any atom is -0.355 e. The lowest BCUT2D eigenvalue weighted by Gasteiger charge is -2.33. The van der Waals surface area contributed by atoms with Crippen molar-refractivity contribution in [1.29, 1.82) is 0 Å². The van der Waals surface area contributed by atoms with Crippen molar-refractivity contribution in [2.75, 3.05) is 25.4 Å². The first kappa shape index (κ1) is 15.2. The van der Waals surface area contributed by atoms with E-state index in [1.54, 1.807) is 0 Å². The number of piperidine rings is 1. The minimum absolute atomic E-state index is 0.232. The Hall–Kier alpha value is -0.220. The molecule has 0 radical (unpaired) electrons. The van der Waals surface area contributed by atoms with Crippen molar-refractivity contribution in [3.63, 3.8) is 0 Å². The average molecular weight is 284 g/mol. The van der Waals surface area contributed by atoms with Crippen LogP contribution in [0.2, 0.25) is 0 Å². The summed E-state index contributed by atoms with van der Waals surface area (Å²) in [6.07, 6.45) is 8.98. The van der Waals surface area contributed by atoms with E-state index < -0.39 is 0 Å². The molecule has 1 saturated carbocycles. The van der Waals surface area contributed by atoms with Gasteiger partial charge in [-0.15, -0.1) is 11.8 Å². The third kappa shape index (κ3) is 5.35. The molecule has 0 atom stereocenters. The smallest absolute Gasteiger partial charge is 0.230 e. The summed E-state index contributed by atoms with van der Waals surface area (Å²) < 4.78 is 0. The zero-order chi connectivity index (χ0) is 13.6. The Morgan fingerprint density at radius 1 is 1.26 bits per heavy atom. The SMILES string of the molecule is CC1(CNC(=O)CSC2CCNCC2)CCCCC1. The standard InChI is InChI=1S/C15H28N2OS/c1-15(7-3-2-4-8-15)12-17-14(18)11-19-13-5-9-16-10-6-13/h13,16H,2-12H2,1H3,(H,17,18). The van der Waals surface area contributed by atoms with Gasteiger partial charge in [-0.2, -0.15) is 0 Å². The molecular formula is C15H28N2OS. The third-order valence-corrected chi connectivity index (χ3v) is 5.88. The molecule has 19 heavy (non-hydrogen) atoms. The van der Waals surface area contributed by atoms with E-state index in [-0.39, 0.29) is 5.91 Å². The van der Waals surface area contributed by atoms with E-state index in [9.17, 15) is 4.79 Å². The van der Waals surface area contributed by atoms with Crippen LogP contribution in [0.3, 0.4) is 0 Å². The Morgan fingerprint density at radius 2 is 1.95 bits per heavy atom. The van der Waals surface area contributed by atoms with Gasteiger partial charge in [-0.3, -0.25) is 4.79 Å². The van der Waals surface area contributed by atoms with Gasteiger partial charge in [-0.1, -0.05) is 26.2 Å². The van der Waals surface area contributed by atoms with Crippen LogP contribution >= 0.6 is 11.8 Å². The summed E-state index contributed by atoms with van der Waals surface area (Å²) >= 11 is 1.84. The molecule has 1 aliphatic carbocycles. The Balaban J connectivity index is 1.61. The lowest BCUT2D eigenvalue weighted by Crippen LogP contribution is -2.38. The summed E-state index contributed by atoms with van der Waals surface area (Å²) in [6.45, 7) is 5.42. The fourth-order valence-electron chi connectivity index (χ4n) is 3.10. The Morgan fingerprint density at radius 3 is 2.63 bits per heavy atom. The van der Waals surface area contributed by atoms with Crippen molar-refractivity contribution >= 4 is 17.7 Å². The third-order valence-electron chi connectivity index (χ3n) is 4.51. The number of hydrogen-bond donors (Lipinski definition) is 2. The summed E-state index contributed by atoms with van der Waals surface area (Å²) in [7, 11) is 0. The highest BCUT2D eigenvalue weighted by Gasteiger charge is 2.27. The summed E-state index contributed by atoms with van der Waals surface area (Å²) in [5.74, 6) is 0.871. The van der Waals surface area contributed by atoms with Crippen LogP contribution in [-0.2, 0) is 4.79 Å². The maximum absolute atomic E-state index is 11.9. The van der Waals surface area contributed by atoms with Crippen LogP contribution < -0.4 is 10.6 Å². The van der Waals surface area contributed by atoms with E-state index in [4.69, 9.17) is 0 Å². The largest absolute Gasteiger partial charge is 0.355 e. The first-order valence-electron chi connectivity index (χ1n) is 7.77. The number of carbonyl (C=O) groups is 1. The molecule has 1 aliphatic heterocycles. The second-order valence-electron chi connectivity index (χ2n) is 6.41. The molecule has 3 nitrogen and oxygen atoms in total. The highest BCUT2D eigenvalue weighted by molar-refractivity contribution is 8.00. The first-order valence-corrected chi connectivity index (χ1v) is 8.82. The summed E-state index contributed by atoms with van der Waals surface area (Å²) in [4.78, 5) is 11.9. The topological polar surface area (TPSA) is 41.1 Å². The van der Waals surface area contributed by atoms with Gasteiger partial charge in [0.1, 0.15) is 0 Å². The molecule has 0 bridgehead atoms. The number of nitrogens with one attached hydrogen (secondary N) is 2. The quantitative estimate of drug-likeness (QED) is 0.815. The Kier molecular flexibility index (Phi) is 6.02. The molecule has 4 heteroatoms. The summed E-state index contributed by atoms with van der Waals surface area (Å²) in [5, 5.41) is 7.20. The lowest BCUT2D eigenvalue weighted by atomic mass is 9.76. The van der Waals surface area contributed by atoms with E-state index in [1.165, 1.54) is 44.9 Å². The van der Waals surface area contributed by atoms with Crippen LogP contribution in [-0.4, -0.2) is 36.5 Å². The number of amides is 1. The number of thioether (sulfide) groups is 1. The van der Waals surface area contributed by atoms with E-state index in [0.29, 0.717) is 16.4 Å². The molecule has 2 N–H and O–H groups in total. The zero-order valence-electron chi connectivity index (χ0n) is 12.2. The lowest BCUT2D eigenvalue weighted by molar-refractivity contribution is -0.119. The average Bonchev–Trinajstić information content (AvgIpc) is 2.45. The van der Waals surface area contributed by atoms with Gasteiger partial charge in [0.05, 0.1) is 5.75 Å². The fourth-order valence-corrected chi connectivity index (χ4v) is 4.16. The molecular weight excluding hydrogens is 256 g/mol. The molecule has 1 amide bonds. The van der Waals surface area contributed by atoms with Crippen molar-refractivity contribution in [3.05, 3.63) is 0 Å². The summed E-state index contributed by atoms with van der Waals surface area (Å²) in [5.41, 5.74) is 0.354. The van der Waals surface area contributed by atoms with Crippen molar-refractivity contribution in [2.24, 2.45) is 5.41 Å². The van der Waals surface area contributed by atoms with Crippen LogP contribution in [0.25, 0.3) is 0 Å². The van der Waals surface area contributed by atoms with Crippen molar-refractivity contribution < 1.29 is 4.79 Å². The Bertz CT molecular complexity index is 284. The maximum Gasteiger partial charge on any atom is 0.230 e. The van der Waals surface area contributed by atoms with Gasteiger partial charge in [0.25, 0.3) is 0 Å². The van der Waals surface area contributed by atoms with Crippen LogP contribution in [0, 0.1) is 5.41 Å². The highest BCUT2D eigenvalue weighted by Crippen LogP contribution is 2.34. The molecule has 2 aliphatic rings. The second kappa shape index (κ2) is 7.53. The highest BCUT2D eigenvalue weighted by atomic mass is 32.2. The van der Waals surface area contributed by atoms with Gasteiger partial charge in [0, 0.05) is 11.8 Å². The zero-order valence-corrected chi connectivity index (χ0v) is 13.0. The Labute approximate surface area is 121 Å². The number of rotatable bonds is 5. The molecule has 0 aromatic rings. The van der Waals surface area contributed by atoms with E-state index in [2.05, 4.69) is 17.6 Å². The van der Waals surface area contributed by atoms with Gasteiger partial charge in [-0.25, -0.2) is 0 Å². The van der Waals surface area contributed by atoms with Crippen LogP contribution in [0.1, 0.15) is 51.9 Å². The predicted molar refractivity (Wildman–Crippen MR) is 82.6 cm³/mol. The van der Waals surface area contributed by atoms with Crippen molar-refractivity contribution in [1.82, 2.24) is 10.6 Å². The molecule has 110 valence electrons. The monoisotopic (exact) mass is 284 g/mol. The van der Waals surface area contributed by atoms with Gasteiger partial charge in [0.15, 0.2) is 0 Å². The molecule has 1 saturated heterocycles. The van der Waals surface area contributed by atoms with Gasteiger partial charge >= 0.3 is 0 Å². The minimum atomic E-state index is 0.232. The van der Waals surface area contributed by atoms with Crippen molar-refractivity contribution in [3.8, 4) is 0 Å². The van der Waals surface area contributed by atoms with E-state index in [1.807, 2.05) is 11.8 Å². The molecule has 0 spiro atoms. The second-order valence-corrected chi connectivity index (χ2v) is 7.70. The fraction of sp³-hybridized carbons (Fsp3) is 0.933. The molecule has 2 fully saturated rings. The van der Waals surface area contributed by atoms with Gasteiger partial charge in [-0.05, 0) is 44.2 Å². The summed E-state index contributed by atoms with van der Waals surface area (Å²) in [6, 6.07) is 0. The van der Waals surface area contributed by atoms with Crippen LogP contribution in [0.15, 0.2) is 0 Å².